The number of piperidine rings is 1. The number of nitrogens with one attached hydrogen (secondary N) is 1. The van der Waals surface area contributed by atoms with Gasteiger partial charge >= 0.3 is 0 Å². The molecular formula is C26H37ClN2O2. The van der Waals surface area contributed by atoms with Gasteiger partial charge in [-0.15, -0.1) is 12.4 Å². The highest BCUT2D eigenvalue weighted by atomic mass is 35.5. The van der Waals surface area contributed by atoms with E-state index in [2.05, 4.69) is 71.7 Å². The van der Waals surface area contributed by atoms with Crippen molar-refractivity contribution in [3.63, 3.8) is 0 Å². The Hall–Kier alpha value is -1.88. The van der Waals surface area contributed by atoms with Crippen molar-refractivity contribution in [2.45, 2.75) is 52.6 Å². The summed E-state index contributed by atoms with van der Waals surface area (Å²) in [4.78, 5) is 13.6. The van der Waals surface area contributed by atoms with Gasteiger partial charge in [0.1, 0.15) is 0 Å². The van der Waals surface area contributed by atoms with E-state index in [0.717, 1.165) is 44.8 Å². The van der Waals surface area contributed by atoms with Gasteiger partial charge in [0, 0.05) is 26.6 Å². The first-order valence-electron chi connectivity index (χ1n) is 11.2. The molecule has 0 saturated carbocycles. The third kappa shape index (κ3) is 8.29. The Kier molecular flexibility index (Phi) is 10.5. The zero-order chi connectivity index (χ0) is 21.2. The van der Waals surface area contributed by atoms with Gasteiger partial charge in [0.25, 0.3) is 0 Å². The number of carbonyl (C=O) groups is 1. The van der Waals surface area contributed by atoms with Crippen LogP contribution in [0.25, 0.3) is 0 Å². The number of aryl methyl sites for hydroxylation is 1. The van der Waals surface area contributed by atoms with E-state index in [9.17, 15) is 4.79 Å². The van der Waals surface area contributed by atoms with Crippen LogP contribution in [0, 0.1) is 5.41 Å². The van der Waals surface area contributed by atoms with Crippen LogP contribution in [0.15, 0.2) is 54.6 Å². The van der Waals surface area contributed by atoms with Gasteiger partial charge in [-0.05, 0) is 67.8 Å². The highest BCUT2D eigenvalue weighted by Crippen LogP contribution is 2.37. The highest BCUT2D eigenvalue weighted by molar-refractivity contribution is 5.85. The van der Waals surface area contributed by atoms with E-state index in [-0.39, 0.29) is 18.3 Å². The Morgan fingerprint density at radius 3 is 2.26 bits per heavy atom. The molecule has 0 bridgehead atoms. The maximum Gasteiger partial charge on any atom is 0.217 e. The lowest BCUT2D eigenvalue weighted by Crippen LogP contribution is -2.42. The standard InChI is InChI=1S/C26H36N2O2.ClH/c1-3-30-21-26(14-13-23-7-5-4-6-8-23)15-17-28(18-16-26)20-25-11-9-24(10-12-25)19-27-22(2)29;/h4-12H,3,13-21H2,1-2H3,(H,27,29);1H. The molecule has 4 nitrogen and oxygen atoms in total. The Labute approximate surface area is 193 Å². The summed E-state index contributed by atoms with van der Waals surface area (Å²) in [6.07, 6.45) is 4.72. The molecule has 2 aromatic carbocycles. The molecule has 0 aromatic heterocycles. The van der Waals surface area contributed by atoms with Crippen molar-refractivity contribution in [1.29, 1.82) is 0 Å². The van der Waals surface area contributed by atoms with Crippen LogP contribution in [0.5, 0.6) is 0 Å². The molecule has 170 valence electrons. The predicted molar refractivity (Wildman–Crippen MR) is 129 cm³/mol. The molecule has 1 aliphatic heterocycles. The molecule has 1 N–H and O–H groups in total. The molecule has 0 spiro atoms. The molecule has 1 heterocycles. The average molecular weight is 445 g/mol. The first kappa shape index (κ1) is 25.4. The summed E-state index contributed by atoms with van der Waals surface area (Å²) in [6, 6.07) is 19.4. The van der Waals surface area contributed by atoms with Crippen LogP contribution in [0.1, 0.15) is 49.8 Å². The van der Waals surface area contributed by atoms with E-state index in [1.54, 1.807) is 6.92 Å². The summed E-state index contributed by atoms with van der Waals surface area (Å²) < 4.78 is 5.92. The van der Waals surface area contributed by atoms with Crippen LogP contribution in [-0.2, 0) is 29.0 Å². The van der Waals surface area contributed by atoms with Crippen LogP contribution in [0.3, 0.4) is 0 Å². The van der Waals surface area contributed by atoms with E-state index in [1.807, 2.05) is 0 Å². The maximum atomic E-state index is 11.1. The maximum absolute atomic E-state index is 11.1. The SMILES string of the molecule is CCOCC1(CCc2ccccc2)CCN(Cc2ccc(CNC(C)=O)cc2)CC1.Cl. The lowest BCUT2D eigenvalue weighted by atomic mass is 9.74. The molecule has 0 radical (unpaired) electrons. The van der Waals surface area contributed by atoms with Crippen LogP contribution >= 0.6 is 12.4 Å². The van der Waals surface area contributed by atoms with Gasteiger partial charge in [0.2, 0.25) is 5.91 Å². The fourth-order valence-corrected chi connectivity index (χ4v) is 4.27. The molecule has 1 saturated heterocycles. The lowest BCUT2D eigenvalue weighted by Gasteiger charge is -2.42. The zero-order valence-corrected chi connectivity index (χ0v) is 19.8. The van der Waals surface area contributed by atoms with Gasteiger partial charge < -0.3 is 10.1 Å². The topological polar surface area (TPSA) is 41.6 Å². The number of hydrogen-bond donors (Lipinski definition) is 1. The van der Waals surface area contributed by atoms with Gasteiger partial charge in [0.05, 0.1) is 6.61 Å². The molecule has 5 heteroatoms. The number of rotatable bonds is 10. The molecule has 0 atom stereocenters. The molecule has 1 amide bonds. The van der Waals surface area contributed by atoms with Gasteiger partial charge in [-0.25, -0.2) is 0 Å². The fourth-order valence-electron chi connectivity index (χ4n) is 4.27. The minimum Gasteiger partial charge on any atom is -0.381 e. The number of carbonyl (C=O) groups excluding carboxylic acids is 1. The Morgan fingerprint density at radius 2 is 1.65 bits per heavy atom. The van der Waals surface area contributed by atoms with Crippen LogP contribution < -0.4 is 5.32 Å². The molecule has 1 fully saturated rings. The van der Waals surface area contributed by atoms with E-state index in [4.69, 9.17) is 4.74 Å². The lowest BCUT2D eigenvalue weighted by molar-refractivity contribution is -0.119. The molecule has 1 aliphatic rings. The van der Waals surface area contributed by atoms with Gasteiger partial charge in [-0.2, -0.15) is 0 Å². The van der Waals surface area contributed by atoms with Crippen LogP contribution in [0.2, 0.25) is 0 Å². The molecule has 31 heavy (non-hydrogen) atoms. The van der Waals surface area contributed by atoms with Crippen molar-refractivity contribution >= 4 is 18.3 Å². The van der Waals surface area contributed by atoms with Crippen LogP contribution in [-0.4, -0.2) is 37.1 Å². The summed E-state index contributed by atoms with van der Waals surface area (Å²) in [7, 11) is 0. The quantitative estimate of drug-likeness (QED) is 0.560. The zero-order valence-electron chi connectivity index (χ0n) is 18.9. The number of ether oxygens (including phenoxy) is 1. The Morgan fingerprint density at radius 1 is 1.00 bits per heavy atom. The van der Waals surface area contributed by atoms with E-state index in [1.165, 1.54) is 30.4 Å². The second kappa shape index (κ2) is 12.8. The number of likely N-dealkylation sites (tertiary alicyclic amines) is 1. The second-order valence-electron chi connectivity index (χ2n) is 8.63. The van der Waals surface area contributed by atoms with E-state index in [0.29, 0.717) is 12.0 Å². The second-order valence-corrected chi connectivity index (χ2v) is 8.63. The summed E-state index contributed by atoms with van der Waals surface area (Å²) in [5.74, 6) is 0.00944. The summed E-state index contributed by atoms with van der Waals surface area (Å²) in [6.45, 7) is 9.14. The summed E-state index contributed by atoms with van der Waals surface area (Å²) in [5, 5.41) is 2.85. The molecule has 0 unspecified atom stereocenters. The number of nitrogens with zero attached hydrogens (tertiary/aromatic N) is 1. The Bertz CT molecular complexity index is 772. The van der Waals surface area contributed by atoms with Crippen molar-refractivity contribution in [3.8, 4) is 0 Å². The molecule has 3 rings (SSSR count). The molecular weight excluding hydrogens is 408 g/mol. The molecule has 0 aliphatic carbocycles. The van der Waals surface area contributed by atoms with Crippen molar-refractivity contribution in [3.05, 3.63) is 71.3 Å². The normalized spacial score (nSPS) is 15.8. The fraction of sp³-hybridized carbons (Fsp3) is 0.500. The largest absolute Gasteiger partial charge is 0.381 e. The Balaban J connectivity index is 0.00000341. The first-order chi connectivity index (χ1) is 14.6. The van der Waals surface area contributed by atoms with E-state index >= 15 is 0 Å². The van der Waals surface area contributed by atoms with Crippen molar-refractivity contribution in [1.82, 2.24) is 10.2 Å². The number of halogens is 1. The van der Waals surface area contributed by atoms with Crippen molar-refractivity contribution in [2.75, 3.05) is 26.3 Å². The number of benzene rings is 2. The number of hydrogen-bond acceptors (Lipinski definition) is 3. The highest BCUT2D eigenvalue weighted by Gasteiger charge is 2.34. The predicted octanol–water partition coefficient (Wildman–Crippen LogP) is 5.00. The molecule has 2 aromatic rings. The van der Waals surface area contributed by atoms with Crippen molar-refractivity contribution < 1.29 is 9.53 Å². The third-order valence-corrected chi connectivity index (χ3v) is 6.29. The minimum atomic E-state index is 0. The summed E-state index contributed by atoms with van der Waals surface area (Å²) in [5.41, 5.74) is 4.20. The van der Waals surface area contributed by atoms with Gasteiger partial charge in [0.15, 0.2) is 0 Å². The number of amides is 1. The van der Waals surface area contributed by atoms with Crippen molar-refractivity contribution in [2.24, 2.45) is 5.41 Å². The minimum absolute atomic E-state index is 0. The van der Waals surface area contributed by atoms with Crippen LogP contribution in [0.4, 0.5) is 0 Å². The van der Waals surface area contributed by atoms with E-state index < -0.39 is 0 Å². The monoisotopic (exact) mass is 444 g/mol. The summed E-state index contributed by atoms with van der Waals surface area (Å²) >= 11 is 0. The van der Waals surface area contributed by atoms with Gasteiger partial charge in [-0.1, -0.05) is 54.6 Å². The smallest absolute Gasteiger partial charge is 0.217 e. The third-order valence-electron chi connectivity index (χ3n) is 6.29. The average Bonchev–Trinajstić information content (AvgIpc) is 2.78. The first-order valence-corrected chi connectivity index (χ1v) is 11.2. The van der Waals surface area contributed by atoms with Gasteiger partial charge in [-0.3, -0.25) is 9.69 Å².